The van der Waals surface area contributed by atoms with Crippen LogP contribution in [0.1, 0.15) is 6.92 Å². The quantitative estimate of drug-likeness (QED) is 0.853. The van der Waals surface area contributed by atoms with Crippen molar-refractivity contribution in [2.45, 2.75) is 17.9 Å². The molecule has 2 atom stereocenters. The molecule has 0 aromatic heterocycles. The Hall–Kier alpha value is -0.890. The summed E-state index contributed by atoms with van der Waals surface area (Å²) in [5, 5.41) is 0.101. The zero-order valence-corrected chi connectivity index (χ0v) is 13.7. The van der Waals surface area contributed by atoms with Crippen LogP contribution in [0.4, 0.5) is 10.1 Å². The van der Waals surface area contributed by atoms with Gasteiger partial charge in [-0.3, -0.25) is 0 Å². The van der Waals surface area contributed by atoms with E-state index in [1.165, 1.54) is 10.4 Å². The molecule has 5 nitrogen and oxygen atoms in total. The van der Waals surface area contributed by atoms with Crippen LogP contribution in [-0.4, -0.2) is 50.8 Å². The van der Waals surface area contributed by atoms with E-state index >= 15 is 0 Å². The number of rotatable bonds is 3. The number of benzene rings is 1. The third kappa shape index (κ3) is 3.01. The predicted molar refractivity (Wildman–Crippen MR) is 81.2 cm³/mol. The largest absolute Gasteiger partial charge is 0.396 e. The number of nitrogens with two attached hydrogens (primary N) is 1. The van der Waals surface area contributed by atoms with Crippen molar-refractivity contribution in [1.82, 2.24) is 9.21 Å². The zero-order valence-electron chi connectivity index (χ0n) is 12.2. The van der Waals surface area contributed by atoms with Gasteiger partial charge in [-0.2, -0.15) is 4.31 Å². The molecule has 0 radical (unpaired) electrons. The first-order chi connectivity index (χ1) is 9.64. The minimum Gasteiger partial charge on any atom is -0.396 e. The maximum atomic E-state index is 14.1. The molecule has 2 unspecified atom stereocenters. The fourth-order valence-electron chi connectivity index (χ4n) is 2.69. The molecule has 1 aliphatic heterocycles. The van der Waals surface area contributed by atoms with Gasteiger partial charge in [0.05, 0.1) is 5.69 Å². The highest BCUT2D eigenvalue weighted by molar-refractivity contribution is 7.89. The molecule has 0 aliphatic carbocycles. The molecule has 1 heterocycles. The van der Waals surface area contributed by atoms with Crippen molar-refractivity contribution in [2.75, 3.05) is 32.9 Å². The normalized spacial score (nSPS) is 23.9. The molecule has 2 N–H and O–H groups in total. The van der Waals surface area contributed by atoms with Gasteiger partial charge >= 0.3 is 0 Å². The Labute approximate surface area is 129 Å². The number of anilines is 1. The van der Waals surface area contributed by atoms with E-state index < -0.39 is 20.7 Å². The topological polar surface area (TPSA) is 66.6 Å². The Morgan fingerprint density at radius 2 is 2.00 bits per heavy atom. The van der Waals surface area contributed by atoms with Crippen molar-refractivity contribution in [1.29, 1.82) is 0 Å². The molecule has 1 fully saturated rings. The third-order valence-corrected chi connectivity index (χ3v) is 5.90. The fourth-order valence-corrected chi connectivity index (χ4v) is 4.66. The summed E-state index contributed by atoms with van der Waals surface area (Å²) in [6, 6.07) is 2.40. The lowest BCUT2D eigenvalue weighted by atomic mass is 10.1. The maximum absolute atomic E-state index is 14.1. The van der Waals surface area contributed by atoms with Crippen LogP contribution in [0.15, 0.2) is 17.0 Å². The molecule has 21 heavy (non-hydrogen) atoms. The monoisotopic (exact) mass is 335 g/mol. The fraction of sp³-hybridized carbons (Fsp3) is 0.538. The second-order valence-electron chi connectivity index (χ2n) is 5.64. The van der Waals surface area contributed by atoms with Gasteiger partial charge in [-0.1, -0.05) is 18.5 Å². The minimum atomic E-state index is -3.95. The van der Waals surface area contributed by atoms with Crippen LogP contribution in [0.3, 0.4) is 0 Å². The first-order valence-electron chi connectivity index (χ1n) is 6.55. The first kappa shape index (κ1) is 16.5. The van der Waals surface area contributed by atoms with Gasteiger partial charge in [-0.05, 0) is 32.1 Å². The second-order valence-corrected chi connectivity index (χ2v) is 7.98. The van der Waals surface area contributed by atoms with Gasteiger partial charge in [0, 0.05) is 24.2 Å². The molecule has 0 spiro atoms. The van der Waals surface area contributed by atoms with Crippen LogP contribution in [0.5, 0.6) is 0 Å². The Morgan fingerprint density at radius 1 is 1.38 bits per heavy atom. The average molecular weight is 336 g/mol. The van der Waals surface area contributed by atoms with E-state index in [9.17, 15) is 12.8 Å². The maximum Gasteiger partial charge on any atom is 0.246 e. The molecule has 0 amide bonds. The third-order valence-electron chi connectivity index (χ3n) is 3.85. The van der Waals surface area contributed by atoms with E-state index in [-0.39, 0.29) is 22.7 Å². The van der Waals surface area contributed by atoms with Gasteiger partial charge in [-0.25, -0.2) is 12.8 Å². The van der Waals surface area contributed by atoms with Gasteiger partial charge in [0.1, 0.15) is 4.90 Å². The average Bonchev–Trinajstić information content (AvgIpc) is 2.76. The first-order valence-corrected chi connectivity index (χ1v) is 8.37. The van der Waals surface area contributed by atoms with Crippen LogP contribution < -0.4 is 5.73 Å². The van der Waals surface area contributed by atoms with Gasteiger partial charge in [-0.15, -0.1) is 0 Å². The Bertz CT molecular complexity index is 651. The summed E-state index contributed by atoms with van der Waals surface area (Å²) in [5.41, 5.74) is 5.20. The molecule has 1 aromatic carbocycles. The number of nitrogen functional groups attached to an aromatic ring is 1. The zero-order chi connectivity index (χ0) is 15.9. The molecular weight excluding hydrogens is 317 g/mol. The molecule has 1 saturated heterocycles. The summed E-state index contributed by atoms with van der Waals surface area (Å²) in [4.78, 5) is 1.52. The lowest BCUT2D eigenvalue weighted by molar-refractivity contribution is 0.263. The summed E-state index contributed by atoms with van der Waals surface area (Å²) in [6.07, 6.45) is 0. The molecule has 2 rings (SSSR count). The van der Waals surface area contributed by atoms with Crippen molar-refractivity contribution in [3.63, 3.8) is 0 Å². The van der Waals surface area contributed by atoms with E-state index in [0.29, 0.717) is 13.1 Å². The van der Waals surface area contributed by atoms with Crippen molar-refractivity contribution in [3.05, 3.63) is 23.0 Å². The van der Waals surface area contributed by atoms with Gasteiger partial charge in [0.2, 0.25) is 10.0 Å². The van der Waals surface area contributed by atoms with Gasteiger partial charge < -0.3 is 10.6 Å². The van der Waals surface area contributed by atoms with E-state index in [1.54, 1.807) is 0 Å². The highest BCUT2D eigenvalue weighted by atomic mass is 35.5. The number of hydrogen-bond donors (Lipinski definition) is 1. The second kappa shape index (κ2) is 5.72. The van der Waals surface area contributed by atoms with E-state index in [2.05, 4.69) is 0 Å². The smallest absolute Gasteiger partial charge is 0.246 e. The summed E-state index contributed by atoms with van der Waals surface area (Å²) < 4.78 is 40.6. The van der Waals surface area contributed by atoms with Gasteiger partial charge in [0.15, 0.2) is 5.82 Å². The van der Waals surface area contributed by atoms with Crippen molar-refractivity contribution < 1.29 is 12.8 Å². The van der Waals surface area contributed by atoms with E-state index in [0.717, 1.165) is 6.07 Å². The lowest BCUT2D eigenvalue weighted by Crippen LogP contribution is -2.36. The number of hydrogen-bond acceptors (Lipinski definition) is 4. The molecular formula is C13H19ClFN3O2S. The highest BCUT2D eigenvalue weighted by Gasteiger charge is 2.39. The summed E-state index contributed by atoms with van der Waals surface area (Å²) in [6.45, 7) is 2.64. The predicted octanol–water partition coefficient (Wildman–Crippen LogP) is 1.63. The molecule has 0 bridgehead atoms. The molecule has 1 aliphatic rings. The minimum absolute atomic E-state index is 0.0966. The highest BCUT2D eigenvalue weighted by Crippen LogP contribution is 2.31. The molecule has 118 valence electrons. The van der Waals surface area contributed by atoms with E-state index in [1.807, 2.05) is 25.9 Å². The van der Waals surface area contributed by atoms with Crippen LogP contribution in [-0.2, 0) is 10.0 Å². The van der Waals surface area contributed by atoms with Crippen LogP contribution in [0.25, 0.3) is 0 Å². The summed E-state index contributed by atoms with van der Waals surface area (Å²) in [5.74, 6) is -0.783. The molecule has 1 aromatic rings. The number of likely N-dealkylation sites (N-methyl/N-ethyl adjacent to an activating group) is 1. The Morgan fingerprint density at radius 3 is 2.52 bits per heavy atom. The SMILES string of the molecule is CC1CN(S(=O)(=O)c2cc(Cl)cc(N)c2F)CC1N(C)C. The molecule has 8 heteroatoms. The summed E-state index contributed by atoms with van der Waals surface area (Å²) >= 11 is 5.80. The Kier molecular flexibility index (Phi) is 4.49. The van der Waals surface area contributed by atoms with Crippen LogP contribution in [0, 0.1) is 11.7 Å². The van der Waals surface area contributed by atoms with Crippen LogP contribution >= 0.6 is 11.6 Å². The summed E-state index contributed by atoms with van der Waals surface area (Å²) in [7, 11) is -0.150. The standard InChI is InChI=1S/C13H19ClFN3O2S/c1-8-6-18(7-11(8)17(2)3)21(19,20)12-5-9(14)4-10(16)13(12)15/h4-5,8,11H,6-7,16H2,1-3H3. The number of nitrogens with zero attached hydrogens (tertiary/aromatic N) is 2. The van der Waals surface area contributed by atoms with E-state index in [4.69, 9.17) is 17.3 Å². The van der Waals surface area contributed by atoms with Crippen molar-refractivity contribution in [2.24, 2.45) is 5.92 Å². The van der Waals surface area contributed by atoms with Gasteiger partial charge in [0.25, 0.3) is 0 Å². The number of halogens is 2. The number of sulfonamides is 1. The molecule has 0 saturated carbocycles. The van der Waals surface area contributed by atoms with Crippen molar-refractivity contribution in [3.8, 4) is 0 Å². The Balaban J connectivity index is 2.41. The van der Waals surface area contributed by atoms with Crippen LogP contribution in [0.2, 0.25) is 5.02 Å². The van der Waals surface area contributed by atoms with Crippen molar-refractivity contribution >= 4 is 27.3 Å². The lowest BCUT2D eigenvalue weighted by Gasteiger charge is -2.22.